The summed E-state index contributed by atoms with van der Waals surface area (Å²) >= 11 is 0. The van der Waals surface area contributed by atoms with Crippen LogP contribution in [0.3, 0.4) is 0 Å². The molecule has 3 heteroatoms. The zero-order chi connectivity index (χ0) is 10.6. The third-order valence-corrected chi connectivity index (χ3v) is 1.51. The summed E-state index contributed by atoms with van der Waals surface area (Å²) in [4.78, 5) is 11.5. The monoisotopic (exact) mass is 185 g/mol. The van der Waals surface area contributed by atoms with E-state index in [1.54, 1.807) is 0 Å². The van der Waals surface area contributed by atoms with Gasteiger partial charge in [0.1, 0.15) is 11.6 Å². The fourth-order valence-corrected chi connectivity index (χ4v) is 0.898. The maximum Gasteiger partial charge on any atom is 0.323 e. The summed E-state index contributed by atoms with van der Waals surface area (Å²) in [5.41, 5.74) is -0.457. The predicted octanol–water partition coefficient (Wildman–Crippen LogP) is 1.61. The van der Waals surface area contributed by atoms with Crippen LogP contribution in [0, 0.1) is 13.0 Å². The van der Waals surface area contributed by atoms with Gasteiger partial charge in [-0.05, 0) is 26.7 Å². The smallest absolute Gasteiger partial charge is 0.323 e. The standard InChI is InChI=1S/C10H19NO2/c1-7(2)8(11-6)9(12)13-10(3,4)5/h6-8,11H,1-5H3. The summed E-state index contributed by atoms with van der Waals surface area (Å²) in [7, 11) is 5.24. The summed E-state index contributed by atoms with van der Waals surface area (Å²) in [6.45, 7) is 9.32. The van der Waals surface area contributed by atoms with Crippen LogP contribution in [0.5, 0.6) is 0 Å². The van der Waals surface area contributed by atoms with Crippen molar-refractivity contribution in [3.63, 3.8) is 0 Å². The summed E-state index contributed by atoms with van der Waals surface area (Å²) in [5.74, 6) is -0.176. The van der Waals surface area contributed by atoms with E-state index in [0.717, 1.165) is 0 Å². The molecule has 0 aromatic rings. The number of nitrogens with one attached hydrogen (secondary N) is 1. The molecule has 3 nitrogen and oxygen atoms in total. The molecule has 0 aromatic heterocycles. The molecule has 0 saturated heterocycles. The Labute approximate surface area is 80.8 Å². The molecule has 1 unspecified atom stereocenters. The van der Waals surface area contributed by atoms with E-state index in [0.29, 0.717) is 0 Å². The fourth-order valence-electron chi connectivity index (χ4n) is 0.898. The Morgan fingerprint density at radius 3 is 2.08 bits per heavy atom. The molecule has 0 saturated carbocycles. The molecule has 0 aliphatic rings. The van der Waals surface area contributed by atoms with E-state index in [1.807, 2.05) is 34.6 Å². The molecule has 0 spiro atoms. The number of rotatable bonds is 3. The third kappa shape index (κ3) is 4.88. The molecule has 1 atom stereocenters. The number of esters is 1. The number of ether oxygens (including phenoxy) is 1. The van der Waals surface area contributed by atoms with E-state index in [-0.39, 0.29) is 11.9 Å². The molecule has 2 radical (unpaired) electrons. The number of hydrogen-bond donors (Lipinski definition) is 1. The zero-order valence-corrected chi connectivity index (χ0v) is 9.05. The van der Waals surface area contributed by atoms with Gasteiger partial charge in [-0.15, -0.1) is 0 Å². The Kier molecular flexibility index (Phi) is 4.40. The summed E-state index contributed by atoms with van der Waals surface area (Å²) in [6.07, 6.45) is 0. The van der Waals surface area contributed by atoms with Gasteiger partial charge in [0, 0.05) is 7.05 Å². The molecule has 0 bridgehead atoms. The number of carbonyl (C=O) groups is 1. The van der Waals surface area contributed by atoms with Crippen molar-refractivity contribution in [3.8, 4) is 0 Å². The first kappa shape index (κ1) is 12.4. The lowest BCUT2D eigenvalue weighted by Crippen LogP contribution is -2.42. The minimum atomic E-state index is -0.457. The molecule has 0 amide bonds. The molecule has 0 fully saturated rings. The minimum Gasteiger partial charge on any atom is -0.459 e. The summed E-state index contributed by atoms with van der Waals surface area (Å²) in [6, 6.07) is -0.431. The van der Waals surface area contributed by atoms with Gasteiger partial charge in [0.2, 0.25) is 0 Å². The quantitative estimate of drug-likeness (QED) is 0.536. The van der Waals surface area contributed by atoms with Crippen molar-refractivity contribution in [2.24, 2.45) is 5.92 Å². The van der Waals surface area contributed by atoms with Gasteiger partial charge in [-0.1, -0.05) is 13.8 Å². The van der Waals surface area contributed by atoms with Crippen molar-refractivity contribution in [1.29, 1.82) is 0 Å². The molecular formula is C10H19NO2. The highest BCUT2D eigenvalue weighted by Gasteiger charge is 2.25. The average Bonchev–Trinajstić information content (AvgIpc) is 1.82. The second-order valence-electron chi connectivity index (χ2n) is 4.42. The van der Waals surface area contributed by atoms with Crippen LogP contribution in [0.1, 0.15) is 34.6 Å². The van der Waals surface area contributed by atoms with E-state index < -0.39 is 11.6 Å². The molecule has 0 heterocycles. The second-order valence-corrected chi connectivity index (χ2v) is 4.42. The van der Waals surface area contributed by atoms with E-state index in [9.17, 15) is 4.79 Å². The molecule has 0 aliphatic heterocycles. The second kappa shape index (κ2) is 4.61. The molecule has 0 aromatic carbocycles. The topological polar surface area (TPSA) is 38.3 Å². The Morgan fingerprint density at radius 1 is 1.38 bits per heavy atom. The lowest BCUT2D eigenvalue weighted by Gasteiger charge is -2.25. The van der Waals surface area contributed by atoms with Crippen LogP contribution >= 0.6 is 0 Å². The van der Waals surface area contributed by atoms with E-state index >= 15 is 0 Å². The van der Waals surface area contributed by atoms with Crippen molar-refractivity contribution in [2.75, 3.05) is 0 Å². The van der Waals surface area contributed by atoms with Crippen LogP contribution in [-0.4, -0.2) is 17.6 Å². The number of hydrogen-bond acceptors (Lipinski definition) is 3. The molecule has 0 rings (SSSR count). The van der Waals surface area contributed by atoms with Crippen LogP contribution in [0.15, 0.2) is 0 Å². The van der Waals surface area contributed by atoms with Crippen molar-refractivity contribution in [2.45, 2.75) is 46.3 Å². The Morgan fingerprint density at radius 2 is 1.85 bits per heavy atom. The zero-order valence-electron chi connectivity index (χ0n) is 9.05. The minimum absolute atomic E-state index is 0.125. The first-order valence-corrected chi connectivity index (χ1v) is 4.47. The largest absolute Gasteiger partial charge is 0.459 e. The SMILES string of the molecule is [CH]NC(C(=O)OC(C)(C)C)C(C)C. The van der Waals surface area contributed by atoms with Crippen LogP contribution in [-0.2, 0) is 9.53 Å². The van der Waals surface area contributed by atoms with Gasteiger partial charge in [-0.2, -0.15) is 0 Å². The molecule has 13 heavy (non-hydrogen) atoms. The van der Waals surface area contributed by atoms with Gasteiger partial charge in [0.15, 0.2) is 0 Å². The van der Waals surface area contributed by atoms with Crippen LogP contribution in [0.25, 0.3) is 0 Å². The van der Waals surface area contributed by atoms with Crippen LogP contribution < -0.4 is 5.32 Å². The number of carbonyl (C=O) groups excluding carboxylic acids is 1. The van der Waals surface area contributed by atoms with Crippen molar-refractivity contribution in [3.05, 3.63) is 7.05 Å². The van der Waals surface area contributed by atoms with Crippen molar-refractivity contribution < 1.29 is 9.53 Å². The van der Waals surface area contributed by atoms with Gasteiger partial charge in [0.25, 0.3) is 0 Å². The van der Waals surface area contributed by atoms with Crippen molar-refractivity contribution in [1.82, 2.24) is 5.32 Å². The molecule has 1 N–H and O–H groups in total. The Hall–Kier alpha value is -0.570. The third-order valence-electron chi connectivity index (χ3n) is 1.51. The fraction of sp³-hybridized carbons (Fsp3) is 0.800. The predicted molar refractivity (Wildman–Crippen MR) is 51.9 cm³/mol. The van der Waals surface area contributed by atoms with Gasteiger partial charge in [-0.25, -0.2) is 0 Å². The highest BCUT2D eigenvalue weighted by molar-refractivity contribution is 5.76. The van der Waals surface area contributed by atoms with Gasteiger partial charge in [0.05, 0.1) is 0 Å². The highest BCUT2D eigenvalue weighted by Crippen LogP contribution is 2.11. The summed E-state index contributed by atoms with van der Waals surface area (Å²) < 4.78 is 5.17. The first-order valence-electron chi connectivity index (χ1n) is 4.47. The van der Waals surface area contributed by atoms with Gasteiger partial charge in [-0.3, -0.25) is 10.1 Å². The molecular weight excluding hydrogens is 166 g/mol. The van der Waals surface area contributed by atoms with Crippen LogP contribution in [0.4, 0.5) is 0 Å². The first-order chi connectivity index (χ1) is 5.78. The van der Waals surface area contributed by atoms with E-state index in [2.05, 4.69) is 5.32 Å². The van der Waals surface area contributed by atoms with E-state index in [1.165, 1.54) is 0 Å². The highest BCUT2D eigenvalue weighted by atomic mass is 16.6. The lowest BCUT2D eigenvalue weighted by atomic mass is 10.0. The van der Waals surface area contributed by atoms with E-state index in [4.69, 9.17) is 11.8 Å². The van der Waals surface area contributed by atoms with Crippen LogP contribution in [0.2, 0.25) is 0 Å². The van der Waals surface area contributed by atoms with Gasteiger partial charge < -0.3 is 4.74 Å². The maximum absolute atomic E-state index is 11.5. The lowest BCUT2D eigenvalue weighted by molar-refractivity contribution is -0.158. The molecule has 76 valence electrons. The normalized spacial score (nSPS) is 14.4. The summed E-state index contributed by atoms with van der Waals surface area (Å²) in [5, 5.41) is 2.45. The Bertz CT molecular complexity index is 170. The Balaban J connectivity index is 4.23. The molecule has 0 aliphatic carbocycles. The van der Waals surface area contributed by atoms with Crippen molar-refractivity contribution >= 4 is 5.97 Å². The average molecular weight is 185 g/mol. The maximum atomic E-state index is 11.5. The van der Waals surface area contributed by atoms with Gasteiger partial charge >= 0.3 is 5.97 Å².